The fourth-order valence-electron chi connectivity index (χ4n) is 2.45. The Morgan fingerprint density at radius 2 is 2.11 bits per heavy atom. The number of aryl methyl sites for hydroxylation is 1. The van der Waals surface area contributed by atoms with Crippen LogP contribution in [0.25, 0.3) is 0 Å². The molecule has 1 atom stereocenters. The Morgan fingerprint density at radius 1 is 1.39 bits per heavy atom. The third-order valence-corrected chi connectivity index (χ3v) is 4.77. The van der Waals surface area contributed by atoms with E-state index in [0.29, 0.717) is 6.54 Å². The van der Waals surface area contributed by atoms with E-state index in [9.17, 15) is 8.42 Å². The molecule has 1 aromatic carbocycles. The molecule has 1 aliphatic heterocycles. The van der Waals surface area contributed by atoms with Crippen molar-refractivity contribution in [1.29, 1.82) is 0 Å². The van der Waals surface area contributed by atoms with Crippen LogP contribution < -0.4 is 5.32 Å². The number of rotatable bonds is 3. The molecule has 0 spiro atoms. The highest BCUT2D eigenvalue weighted by molar-refractivity contribution is 7.88. The highest BCUT2D eigenvalue weighted by atomic mass is 32.2. The van der Waals surface area contributed by atoms with Gasteiger partial charge < -0.3 is 5.32 Å². The van der Waals surface area contributed by atoms with E-state index < -0.39 is 10.0 Å². The van der Waals surface area contributed by atoms with E-state index in [0.717, 1.165) is 19.5 Å². The molecule has 0 radical (unpaired) electrons. The lowest BCUT2D eigenvalue weighted by molar-refractivity contribution is 0.267. The van der Waals surface area contributed by atoms with E-state index >= 15 is 0 Å². The van der Waals surface area contributed by atoms with Crippen molar-refractivity contribution >= 4 is 10.0 Å². The van der Waals surface area contributed by atoms with Gasteiger partial charge in [0.2, 0.25) is 10.0 Å². The first-order valence-corrected chi connectivity index (χ1v) is 8.05. The van der Waals surface area contributed by atoms with Gasteiger partial charge in [0, 0.05) is 25.7 Å². The fraction of sp³-hybridized carbons (Fsp3) is 0.538. The minimum absolute atomic E-state index is 0.0230. The smallest absolute Gasteiger partial charge is 0.211 e. The summed E-state index contributed by atoms with van der Waals surface area (Å²) in [5.74, 6) is 0. The molecule has 2 rings (SSSR count). The van der Waals surface area contributed by atoms with Gasteiger partial charge in [0.1, 0.15) is 0 Å². The number of hydrogen-bond donors (Lipinski definition) is 1. The summed E-state index contributed by atoms with van der Waals surface area (Å²) in [6.07, 6.45) is 2.07. The minimum Gasteiger partial charge on any atom is -0.314 e. The predicted octanol–water partition coefficient (Wildman–Crippen LogP) is 0.771. The third-order valence-electron chi connectivity index (χ3n) is 3.44. The second-order valence-corrected chi connectivity index (χ2v) is 6.80. The molecule has 0 bridgehead atoms. The van der Waals surface area contributed by atoms with Crippen molar-refractivity contribution in [2.45, 2.75) is 19.4 Å². The zero-order chi connectivity index (χ0) is 13.2. The molecule has 5 heteroatoms. The van der Waals surface area contributed by atoms with Crippen LogP contribution in [0.1, 0.15) is 11.1 Å². The summed E-state index contributed by atoms with van der Waals surface area (Å²) in [7, 11) is -3.11. The van der Waals surface area contributed by atoms with Gasteiger partial charge in [-0.05, 0) is 24.5 Å². The summed E-state index contributed by atoms with van der Waals surface area (Å²) in [5, 5.41) is 3.27. The maximum absolute atomic E-state index is 11.8. The second-order valence-electron chi connectivity index (χ2n) is 4.86. The van der Waals surface area contributed by atoms with Crippen molar-refractivity contribution < 1.29 is 8.42 Å². The first-order chi connectivity index (χ1) is 8.48. The van der Waals surface area contributed by atoms with Crippen LogP contribution in [-0.2, 0) is 16.4 Å². The number of nitrogens with one attached hydrogen (secondary N) is 1. The van der Waals surface area contributed by atoms with Crippen LogP contribution in [0, 0.1) is 6.92 Å². The average molecular weight is 268 g/mol. The van der Waals surface area contributed by atoms with E-state index in [1.54, 1.807) is 4.31 Å². The fourth-order valence-corrected chi connectivity index (χ4v) is 3.56. The van der Waals surface area contributed by atoms with Gasteiger partial charge in [-0.2, -0.15) is 4.31 Å². The maximum atomic E-state index is 11.8. The molecule has 0 aliphatic carbocycles. The van der Waals surface area contributed by atoms with Crippen LogP contribution in [0.2, 0.25) is 0 Å². The largest absolute Gasteiger partial charge is 0.314 e. The van der Waals surface area contributed by atoms with E-state index in [2.05, 4.69) is 24.4 Å². The van der Waals surface area contributed by atoms with Crippen LogP contribution in [0.4, 0.5) is 0 Å². The van der Waals surface area contributed by atoms with Crippen LogP contribution in [0.3, 0.4) is 0 Å². The van der Waals surface area contributed by atoms with Crippen molar-refractivity contribution in [1.82, 2.24) is 9.62 Å². The molecule has 1 aromatic rings. The number of benzene rings is 1. The van der Waals surface area contributed by atoms with Gasteiger partial charge >= 0.3 is 0 Å². The van der Waals surface area contributed by atoms with E-state index in [-0.39, 0.29) is 6.04 Å². The summed E-state index contributed by atoms with van der Waals surface area (Å²) in [6.45, 7) is 4.09. The van der Waals surface area contributed by atoms with Gasteiger partial charge in [0.25, 0.3) is 0 Å². The summed E-state index contributed by atoms with van der Waals surface area (Å²) >= 11 is 0. The molecule has 1 aliphatic rings. The van der Waals surface area contributed by atoms with Gasteiger partial charge in [0.05, 0.1) is 6.26 Å². The SMILES string of the molecule is Cc1ccccc1CC1CNCCN1S(C)(=O)=O. The van der Waals surface area contributed by atoms with E-state index in [4.69, 9.17) is 0 Å². The Bertz CT molecular complexity index is 513. The molecule has 1 fully saturated rings. The Hall–Kier alpha value is -0.910. The highest BCUT2D eigenvalue weighted by Gasteiger charge is 2.29. The zero-order valence-electron chi connectivity index (χ0n) is 10.9. The van der Waals surface area contributed by atoms with Gasteiger partial charge in [0.15, 0.2) is 0 Å². The number of sulfonamides is 1. The van der Waals surface area contributed by atoms with E-state index in [1.807, 2.05) is 12.1 Å². The molecule has 1 saturated heterocycles. The molecule has 18 heavy (non-hydrogen) atoms. The quantitative estimate of drug-likeness (QED) is 0.881. The second kappa shape index (κ2) is 5.38. The molecular formula is C13H20N2O2S. The Kier molecular flexibility index (Phi) is 4.04. The van der Waals surface area contributed by atoms with Crippen molar-refractivity contribution in [3.63, 3.8) is 0 Å². The topological polar surface area (TPSA) is 49.4 Å². The molecule has 1 heterocycles. The molecule has 0 saturated carbocycles. The van der Waals surface area contributed by atoms with Crippen LogP contribution in [0.5, 0.6) is 0 Å². The normalized spacial score (nSPS) is 22.0. The van der Waals surface area contributed by atoms with Crippen LogP contribution >= 0.6 is 0 Å². The van der Waals surface area contributed by atoms with Crippen molar-refractivity contribution in [2.75, 3.05) is 25.9 Å². The number of piperazine rings is 1. The molecule has 4 nitrogen and oxygen atoms in total. The first kappa shape index (κ1) is 13.5. The van der Waals surface area contributed by atoms with Crippen molar-refractivity contribution in [3.8, 4) is 0 Å². The summed E-state index contributed by atoms with van der Waals surface area (Å²) in [6, 6.07) is 8.17. The first-order valence-electron chi connectivity index (χ1n) is 6.20. The van der Waals surface area contributed by atoms with Crippen LogP contribution in [0.15, 0.2) is 24.3 Å². The summed E-state index contributed by atoms with van der Waals surface area (Å²) in [4.78, 5) is 0. The Balaban J connectivity index is 2.18. The Labute approximate surface area is 109 Å². The van der Waals surface area contributed by atoms with E-state index in [1.165, 1.54) is 17.4 Å². The van der Waals surface area contributed by atoms with Gasteiger partial charge in [-0.1, -0.05) is 24.3 Å². The lowest BCUT2D eigenvalue weighted by Gasteiger charge is -2.34. The molecule has 0 aromatic heterocycles. The molecular weight excluding hydrogens is 248 g/mol. The minimum atomic E-state index is -3.11. The Morgan fingerprint density at radius 3 is 2.78 bits per heavy atom. The molecule has 0 amide bonds. The standard InChI is InChI=1S/C13H20N2O2S/c1-11-5-3-4-6-12(11)9-13-10-14-7-8-15(13)18(2,16)17/h3-6,13-14H,7-10H2,1-2H3. The molecule has 1 unspecified atom stereocenters. The lowest BCUT2D eigenvalue weighted by atomic mass is 10.0. The monoisotopic (exact) mass is 268 g/mol. The molecule has 100 valence electrons. The summed E-state index contributed by atoms with van der Waals surface area (Å²) in [5.41, 5.74) is 2.44. The van der Waals surface area contributed by atoms with Crippen LogP contribution in [-0.4, -0.2) is 44.7 Å². The zero-order valence-corrected chi connectivity index (χ0v) is 11.7. The molecule has 1 N–H and O–H groups in total. The summed E-state index contributed by atoms with van der Waals surface area (Å²) < 4.78 is 25.2. The third kappa shape index (κ3) is 3.10. The van der Waals surface area contributed by atoms with Gasteiger partial charge in [-0.25, -0.2) is 8.42 Å². The van der Waals surface area contributed by atoms with Gasteiger partial charge in [-0.15, -0.1) is 0 Å². The number of nitrogens with zero attached hydrogens (tertiary/aromatic N) is 1. The lowest BCUT2D eigenvalue weighted by Crippen LogP contribution is -2.54. The predicted molar refractivity (Wildman–Crippen MR) is 73.1 cm³/mol. The maximum Gasteiger partial charge on any atom is 0.211 e. The average Bonchev–Trinajstić information content (AvgIpc) is 2.31. The van der Waals surface area contributed by atoms with Crippen molar-refractivity contribution in [2.24, 2.45) is 0 Å². The number of hydrogen-bond acceptors (Lipinski definition) is 3. The van der Waals surface area contributed by atoms with Gasteiger partial charge in [-0.3, -0.25) is 0 Å². The highest BCUT2D eigenvalue weighted by Crippen LogP contribution is 2.16. The van der Waals surface area contributed by atoms with Crippen molar-refractivity contribution in [3.05, 3.63) is 35.4 Å².